The molecule has 1 aromatic heterocycles. The number of hydrogen-bond donors (Lipinski definition) is 0. The highest BCUT2D eigenvalue weighted by molar-refractivity contribution is 6.30. The highest BCUT2D eigenvalue weighted by Crippen LogP contribution is 2.26. The Labute approximate surface area is 112 Å². The van der Waals surface area contributed by atoms with Crippen LogP contribution in [0.2, 0.25) is 5.02 Å². The van der Waals surface area contributed by atoms with Crippen molar-refractivity contribution >= 4 is 11.6 Å². The molecule has 0 fully saturated rings. The molecule has 0 aliphatic carbocycles. The van der Waals surface area contributed by atoms with Crippen LogP contribution in [-0.4, -0.2) is 9.78 Å². The maximum Gasteiger partial charge on any atom is 0.163 e. The number of aromatic nitrogens is 2. The van der Waals surface area contributed by atoms with E-state index in [1.165, 1.54) is 0 Å². The predicted molar refractivity (Wildman–Crippen MR) is 72.0 cm³/mol. The van der Waals surface area contributed by atoms with E-state index in [4.69, 9.17) is 16.9 Å². The summed E-state index contributed by atoms with van der Waals surface area (Å²) in [6.45, 7) is 6.27. The van der Waals surface area contributed by atoms with Gasteiger partial charge in [0.15, 0.2) is 5.69 Å². The third kappa shape index (κ3) is 2.39. The van der Waals surface area contributed by atoms with Crippen molar-refractivity contribution in [2.45, 2.75) is 26.2 Å². The molecule has 2 aromatic rings. The summed E-state index contributed by atoms with van der Waals surface area (Å²) in [4.78, 5) is 0. The highest BCUT2D eigenvalue weighted by Gasteiger charge is 2.21. The van der Waals surface area contributed by atoms with Gasteiger partial charge in [0.25, 0.3) is 0 Å². The Morgan fingerprint density at radius 3 is 2.56 bits per heavy atom. The van der Waals surface area contributed by atoms with Crippen LogP contribution >= 0.6 is 11.6 Å². The van der Waals surface area contributed by atoms with Gasteiger partial charge in [0.1, 0.15) is 6.07 Å². The lowest BCUT2D eigenvalue weighted by atomic mass is 9.92. The van der Waals surface area contributed by atoms with Crippen LogP contribution in [0.15, 0.2) is 30.3 Å². The monoisotopic (exact) mass is 259 g/mol. The molecule has 2 rings (SSSR count). The van der Waals surface area contributed by atoms with E-state index in [1.807, 2.05) is 30.3 Å². The van der Waals surface area contributed by atoms with Gasteiger partial charge in [-0.3, -0.25) is 0 Å². The Morgan fingerprint density at radius 1 is 1.28 bits per heavy atom. The number of nitriles is 1. The second-order valence-electron chi connectivity index (χ2n) is 5.17. The molecule has 0 aliphatic heterocycles. The summed E-state index contributed by atoms with van der Waals surface area (Å²) in [5.41, 5.74) is 2.18. The molecule has 0 saturated carbocycles. The molecular weight excluding hydrogens is 246 g/mol. The molecule has 0 aliphatic rings. The van der Waals surface area contributed by atoms with E-state index in [1.54, 1.807) is 4.68 Å². The predicted octanol–water partition coefficient (Wildman–Crippen LogP) is 3.69. The normalized spacial score (nSPS) is 11.3. The zero-order valence-electron chi connectivity index (χ0n) is 10.6. The van der Waals surface area contributed by atoms with Gasteiger partial charge in [-0.2, -0.15) is 10.4 Å². The fourth-order valence-corrected chi connectivity index (χ4v) is 1.96. The topological polar surface area (TPSA) is 41.6 Å². The van der Waals surface area contributed by atoms with Crippen molar-refractivity contribution in [2.24, 2.45) is 0 Å². The number of rotatable bonds is 1. The molecule has 0 N–H and O–H groups in total. The van der Waals surface area contributed by atoms with E-state index in [0.29, 0.717) is 10.7 Å². The number of benzene rings is 1. The van der Waals surface area contributed by atoms with Crippen LogP contribution in [-0.2, 0) is 5.41 Å². The molecule has 1 aromatic carbocycles. The third-order valence-corrected chi connectivity index (χ3v) is 2.88. The van der Waals surface area contributed by atoms with Gasteiger partial charge in [0.2, 0.25) is 0 Å². The molecule has 0 spiro atoms. The minimum absolute atomic E-state index is 0.0928. The van der Waals surface area contributed by atoms with Gasteiger partial charge < -0.3 is 0 Å². The van der Waals surface area contributed by atoms with Crippen molar-refractivity contribution in [1.82, 2.24) is 9.78 Å². The molecule has 0 saturated heterocycles. The standard InChI is InChI=1S/C14H14ClN3/c1-14(2,3)13-8-11(9-16)17-18(13)12-6-4-5-10(15)7-12/h4-8H,1-3H3. The van der Waals surface area contributed by atoms with E-state index in [0.717, 1.165) is 11.4 Å². The third-order valence-electron chi connectivity index (χ3n) is 2.65. The lowest BCUT2D eigenvalue weighted by Gasteiger charge is -2.20. The zero-order valence-corrected chi connectivity index (χ0v) is 11.4. The van der Waals surface area contributed by atoms with Crippen LogP contribution in [0.3, 0.4) is 0 Å². The van der Waals surface area contributed by atoms with E-state index >= 15 is 0 Å². The number of hydrogen-bond acceptors (Lipinski definition) is 2. The summed E-state index contributed by atoms with van der Waals surface area (Å²) in [6.07, 6.45) is 0. The van der Waals surface area contributed by atoms with Crippen molar-refractivity contribution in [3.05, 3.63) is 46.7 Å². The maximum atomic E-state index is 8.99. The second kappa shape index (κ2) is 4.47. The van der Waals surface area contributed by atoms with Crippen molar-refractivity contribution in [1.29, 1.82) is 5.26 Å². The largest absolute Gasteiger partial charge is 0.236 e. The van der Waals surface area contributed by atoms with Gasteiger partial charge in [-0.15, -0.1) is 0 Å². The fourth-order valence-electron chi connectivity index (χ4n) is 1.77. The highest BCUT2D eigenvalue weighted by atomic mass is 35.5. The van der Waals surface area contributed by atoms with Crippen molar-refractivity contribution < 1.29 is 0 Å². The molecule has 3 nitrogen and oxygen atoms in total. The van der Waals surface area contributed by atoms with Gasteiger partial charge in [-0.05, 0) is 24.3 Å². The molecule has 0 atom stereocenters. The van der Waals surface area contributed by atoms with Gasteiger partial charge in [0, 0.05) is 10.4 Å². The smallest absolute Gasteiger partial charge is 0.163 e. The van der Waals surface area contributed by atoms with Crippen LogP contribution in [0.4, 0.5) is 0 Å². The Balaban J connectivity index is 2.64. The van der Waals surface area contributed by atoms with E-state index < -0.39 is 0 Å². The Kier molecular flexibility index (Phi) is 3.14. The first-order valence-electron chi connectivity index (χ1n) is 5.68. The molecule has 0 bridgehead atoms. The van der Waals surface area contributed by atoms with Crippen LogP contribution in [0.1, 0.15) is 32.2 Å². The van der Waals surface area contributed by atoms with Crippen LogP contribution in [0.25, 0.3) is 5.69 Å². The minimum Gasteiger partial charge on any atom is -0.236 e. The second-order valence-corrected chi connectivity index (χ2v) is 5.60. The van der Waals surface area contributed by atoms with Crippen LogP contribution in [0.5, 0.6) is 0 Å². The molecule has 0 radical (unpaired) electrons. The Morgan fingerprint density at radius 2 is 2.00 bits per heavy atom. The lowest BCUT2D eigenvalue weighted by molar-refractivity contribution is 0.544. The molecule has 0 unspecified atom stereocenters. The first-order valence-corrected chi connectivity index (χ1v) is 6.06. The fraction of sp³-hybridized carbons (Fsp3) is 0.286. The average molecular weight is 260 g/mol. The van der Waals surface area contributed by atoms with Gasteiger partial charge in [-0.1, -0.05) is 38.4 Å². The SMILES string of the molecule is CC(C)(C)c1cc(C#N)nn1-c1cccc(Cl)c1. The van der Waals surface area contributed by atoms with Crippen LogP contribution in [0, 0.1) is 11.3 Å². The van der Waals surface area contributed by atoms with E-state index in [9.17, 15) is 0 Å². The first kappa shape index (κ1) is 12.7. The quantitative estimate of drug-likeness (QED) is 0.784. The molecule has 0 amide bonds. The Hall–Kier alpha value is -1.79. The summed E-state index contributed by atoms with van der Waals surface area (Å²) in [6, 6.07) is 11.4. The molecule has 4 heteroatoms. The minimum atomic E-state index is -0.0928. The molecule has 18 heavy (non-hydrogen) atoms. The molecular formula is C14H14ClN3. The van der Waals surface area contributed by atoms with Crippen molar-refractivity contribution in [3.8, 4) is 11.8 Å². The zero-order chi connectivity index (χ0) is 13.3. The average Bonchev–Trinajstić information content (AvgIpc) is 2.72. The Bertz CT molecular complexity index is 615. The van der Waals surface area contributed by atoms with Gasteiger partial charge in [0.05, 0.1) is 11.4 Å². The number of nitrogens with zero attached hydrogens (tertiary/aromatic N) is 3. The summed E-state index contributed by atoms with van der Waals surface area (Å²) in [5.74, 6) is 0. The van der Waals surface area contributed by atoms with Crippen molar-refractivity contribution in [2.75, 3.05) is 0 Å². The van der Waals surface area contributed by atoms with Crippen molar-refractivity contribution in [3.63, 3.8) is 0 Å². The molecule has 1 heterocycles. The summed E-state index contributed by atoms with van der Waals surface area (Å²) in [5, 5.41) is 13.9. The van der Waals surface area contributed by atoms with Gasteiger partial charge in [-0.25, -0.2) is 4.68 Å². The van der Waals surface area contributed by atoms with E-state index in [-0.39, 0.29) is 5.41 Å². The summed E-state index contributed by atoms with van der Waals surface area (Å²) in [7, 11) is 0. The first-order chi connectivity index (χ1) is 8.41. The molecule has 92 valence electrons. The number of halogens is 1. The summed E-state index contributed by atoms with van der Waals surface area (Å²) < 4.78 is 1.78. The van der Waals surface area contributed by atoms with E-state index in [2.05, 4.69) is 31.9 Å². The lowest BCUT2D eigenvalue weighted by Crippen LogP contribution is -2.17. The summed E-state index contributed by atoms with van der Waals surface area (Å²) >= 11 is 6.00. The maximum absolute atomic E-state index is 8.99. The van der Waals surface area contributed by atoms with Gasteiger partial charge >= 0.3 is 0 Å². The van der Waals surface area contributed by atoms with Crippen LogP contribution < -0.4 is 0 Å².